The Morgan fingerprint density at radius 2 is 2.14 bits per heavy atom. The zero-order chi connectivity index (χ0) is 15.2. The zero-order valence-electron chi connectivity index (χ0n) is 11.4. The molecule has 0 fully saturated rings. The number of carbonyl (C=O) groups excluding carboxylic acids is 1. The smallest absolute Gasteiger partial charge is 0.144 e. The van der Waals surface area contributed by atoms with E-state index in [1.807, 2.05) is 18.2 Å². The lowest BCUT2D eigenvalue weighted by atomic mass is 9.88. The Morgan fingerprint density at radius 1 is 1.33 bits per heavy atom. The number of hydrogen-bond donors (Lipinski definition) is 0. The van der Waals surface area contributed by atoms with Crippen LogP contribution in [-0.4, -0.2) is 10.8 Å². The molecule has 1 aromatic carbocycles. The van der Waals surface area contributed by atoms with Crippen LogP contribution in [0, 0.1) is 0 Å². The van der Waals surface area contributed by atoms with Crippen molar-refractivity contribution in [3.8, 4) is 0 Å². The molecule has 0 N–H and O–H groups in total. The minimum absolute atomic E-state index is 0.101. The minimum atomic E-state index is -0.282. The van der Waals surface area contributed by atoms with E-state index in [-0.39, 0.29) is 11.7 Å². The average molecular weight is 320 g/mol. The van der Waals surface area contributed by atoms with Crippen LogP contribution in [0.25, 0.3) is 0 Å². The molecule has 0 spiro atoms. The van der Waals surface area contributed by atoms with Crippen molar-refractivity contribution in [2.75, 3.05) is 0 Å². The third-order valence-corrected chi connectivity index (χ3v) is 3.85. The number of rotatable bonds is 6. The summed E-state index contributed by atoms with van der Waals surface area (Å²) in [4.78, 5) is 16.5. The van der Waals surface area contributed by atoms with E-state index in [1.165, 1.54) is 0 Å². The Morgan fingerprint density at radius 3 is 2.76 bits per heavy atom. The predicted octanol–water partition coefficient (Wildman–Crippen LogP) is 4.86. The quantitative estimate of drug-likeness (QED) is 0.712. The maximum Gasteiger partial charge on any atom is 0.144 e. The molecule has 0 aliphatic heterocycles. The number of ketones is 1. The molecule has 2 aromatic rings. The second kappa shape index (κ2) is 7.39. The maximum atomic E-state index is 12.4. The Balaban J connectivity index is 2.32. The molecule has 0 bridgehead atoms. The van der Waals surface area contributed by atoms with Crippen molar-refractivity contribution < 1.29 is 4.79 Å². The first-order valence-electron chi connectivity index (χ1n) is 6.59. The van der Waals surface area contributed by atoms with E-state index in [9.17, 15) is 4.79 Å². The van der Waals surface area contributed by atoms with Gasteiger partial charge < -0.3 is 0 Å². The second-order valence-electron chi connectivity index (χ2n) is 4.74. The molecule has 21 heavy (non-hydrogen) atoms. The third kappa shape index (κ3) is 4.16. The third-order valence-electron chi connectivity index (χ3n) is 3.26. The van der Waals surface area contributed by atoms with E-state index in [1.54, 1.807) is 30.6 Å². The normalized spacial score (nSPS) is 11.9. The van der Waals surface area contributed by atoms with Crippen LogP contribution in [0.1, 0.15) is 23.5 Å². The summed E-state index contributed by atoms with van der Waals surface area (Å²) in [6, 6.07) is 9.06. The molecular weight excluding hydrogens is 305 g/mol. The van der Waals surface area contributed by atoms with Crippen molar-refractivity contribution >= 4 is 29.0 Å². The molecule has 1 atom stereocenters. The van der Waals surface area contributed by atoms with Crippen molar-refractivity contribution in [1.29, 1.82) is 0 Å². The first kappa shape index (κ1) is 15.7. The fraction of sp³-hybridized carbons (Fsp3) is 0.176. The molecule has 0 radical (unpaired) electrons. The van der Waals surface area contributed by atoms with Crippen LogP contribution < -0.4 is 0 Å². The van der Waals surface area contributed by atoms with Crippen LogP contribution in [0.15, 0.2) is 55.4 Å². The van der Waals surface area contributed by atoms with E-state index in [4.69, 9.17) is 23.2 Å². The summed E-state index contributed by atoms with van der Waals surface area (Å²) >= 11 is 12.1. The lowest BCUT2D eigenvalue weighted by Crippen LogP contribution is -2.15. The predicted molar refractivity (Wildman–Crippen MR) is 87.0 cm³/mol. The molecule has 1 aromatic heterocycles. The van der Waals surface area contributed by atoms with Crippen LogP contribution in [-0.2, 0) is 11.2 Å². The summed E-state index contributed by atoms with van der Waals surface area (Å²) in [6.45, 7) is 3.63. The molecule has 4 heteroatoms. The number of halogens is 2. The van der Waals surface area contributed by atoms with E-state index >= 15 is 0 Å². The van der Waals surface area contributed by atoms with Gasteiger partial charge in [-0.15, -0.1) is 6.58 Å². The van der Waals surface area contributed by atoms with Gasteiger partial charge in [-0.1, -0.05) is 41.4 Å². The SMILES string of the molecule is C=CCC(=O)C(Cc1ccc(Cl)cc1Cl)c1cccnc1. The van der Waals surface area contributed by atoms with Crippen LogP contribution in [0.5, 0.6) is 0 Å². The van der Waals surface area contributed by atoms with Crippen LogP contribution >= 0.6 is 23.2 Å². The van der Waals surface area contributed by atoms with Crippen LogP contribution in [0.3, 0.4) is 0 Å². The van der Waals surface area contributed by atoms with E-state index in [0.29, 0.717) is 22.9 Å². The average Bonchev–Trinajstić information content (AvgIpc) is 2.47. The van der Waals surface area contributed by atoms with Gasteiger partial charge in [-0.3, -0.25) is 9.78 Å². The molecule has 0 saturated carbocycles. The van der Waals surface area contributed by atoms with Crippen LogP contribution in [0.2, 0.25) is 10.0 Å². The molecule has 108 valence electrons. The molecule has 0 amide bonds. The fourth-order valence-electron chi connectivity index (χ4n) is 2.19. The molecule has 1 unspecified atom stereocenters. The van der Waals surface area contributed by atoms with Crippen molar-refractivity contribution in [3.63, 3.8) is 0 Å². The van der Waals surface area contributed by atoms with Crippen molar-refractivity contribution in [2.45, 2.75) is 18.8 Å². The van der Waals surface area contributed by atoms with Gasteiger partial charge in [0, 0.05) is 34.8 Å². The summed E-state index contributed by atoms with van der Waals surface area (Å²) in [5.74, 6) is -0.181. The van der Waals surface area contributed by atoms with Gasteiger partial charge in [-0.05, 0) is 35.7 Å². The summed E-state index contributed by atoms with van der Waals surface area (Å²) in [7, 11) is 0. The van der Waals surface area contributed by atoms with Gasteiger partial charge in [-0.2, -0.15) is 0 Å². The number of benzene rings is 1. The summed E-state index contributed by atoms with van der Waals surface area (Å²) in [5.41, 5.74) is 1.78. The van der Waals surface area contributed by atoms with Gasteiger partial charge in [0.1, 0.15) is 5.78 Å². The highest BCUT2D eigenvalue weighted by Gasteiger charge is 2.21. The zero-order valence-corrected chi connectivity index (χ0v) is 12.9. The number of aromatic nitrogens is 1. The van der Waals surface area contributed by atoms with Gasteiger partial charge in [-0.25, -0.2) is 0 Å². The standard InChI is InChI=1S/C17H15Cl2NO/c1-2-4-17(21)15(13-5-3-8-20-11-13)9-12-6-7-14(18)10-16(12)19/h2-3,5-8,10-11,15H,1,4,9H2. The van der Waals surface area contributed by atoms with E-state index < -0.39 is 0 Å². The van der Waals surface area contributed by atoms with Crippen molar-refractivity contribution in [2.24, 2.45) is 0 Å². The second-order valence-corrected chi connectivity index (χ2v) is 5.58. The Bertz CT molecular complexity index is 640. The fourth-order valence-corrected chi connectivity index (χ4v) is 2.68. The molecule has 0 aliphatic rings. The molecule has 0 saturated heterocycles. The maximum absolute atomic E-state index is 12.4. The van der Waals surface area contributed by atoms with E-state index in [0.717, 1.165) is 11.1 Å². The molecular formula is C17H15Cl2NO. The summed E-state index contributed by atoms with van der Waals surface area (Å²) in [6.07, 6.45) is 5.87. The summed E-state index contributed by atoms with van der Waals surface area (Å²) < 4.78 is 0. The first-order valence-corrected chi connectivity index (χ1v) is 7.35. The minimum Gasteiger partial charge on any atom is -0.299 e. The molecule has 1 heterocycles. The number of allylic oxidation sites excluding steroid dienone is 1. The number of Topliss-reactive ketones (excluding diaryl/α,β-unsaturated/α-hetero) is 1. The number of carbonyl (C=O) groups is 1. The Hall–Kier alpha value is -1.64. The van der Waals surface area contributed by atoms with Crippen LogP contribution in [0.4, 0.5) is 0 Å². The monoisotopic (exact) mass is 319 g/mol. The van der Waals surface area contributed by atoms with Gasteiger partial charge in [0.25, 0.3) is 0 Å². The Labute approximate surface area is 134 Å². The topological polar surface area (TPSA) is 30.0 Å². The van der Waals surface area contributed by atoms with Gasteiger partial charge >= 0.3 is 0 Å². The van der Waals surface area contributed by atoms with E-state index in [2.05, 4.69) is 11.6 Å². The van der Waals surface area contributed by atoms with Crippen molar-refractivity contribution in [1.82, 2.24) is 4.98 Å². The molecule has 0 aliphatic carbocycles. The lowest BCUT2D eigenvalue weighted by Gasteiger charge is -2.16. The highest BCUT2D eigenvalue weighted by Crippen LogP contribution is 2.28. The first-order chi connectivity index (χ1) is 10.1. The van der Waals surface area contributed by atoms with Gasteiger partial charge in [0.05, 0.1) is 0 Å². The van der Waals surface area contributed by atoms with Gasteiger partial charge in [0.2, 0.25) is 0 Å². The largest absolute Gasteiger partial charge is 0.299 e. The molecule has 2 nitrogen and oxygen atoms in total. The summed E-state index contributed by atoms with van der Waals surface area (Å²) in [5, 5.41) is 1.15. The molecule has 2 rings (SSSR count). The number of pyridine rings is 1. The van der Waals surface area contributed by atoms with Gasteiger partial charge in [0.15, 0.2) is 0 Å². The Kier molecular flexibility index (Phi) is 5.54. The lowest BCUT2D eigenvalue weighted by molar-refractivity contribution is -0.119. The number of hydrogen-bond acceptors (Lipinski definition) is 2. The highest BCUT2D eigenvalue weighted by molar-refractivity contribution is 6.35. The number of nitrogens with zero attached hydrogens (tertiary/aromatic N) is 1. The van der Waals surface area contributed by atoms with Crippen molar-refractivity contribution in [3.05, 3.63) is 76.6 Å². The highest BCUT2D eigenvalue weighted by atomic mass is 35.5.